The van der Waals surface area contributed by atoms with Gasteiger partial charge in [-0.1, -0.05) is 66.2 Å². The van der Waals surface area contributed by atoms with E-state index >= 15 is 0 Å². The second-order valence-electron chi connectivity index (χ2n) is 9.44. The summed E-state index contributed by atoms with van der Waals surface area (Å²) in [5.41, 5.74) is 6.78. The highest BCUT2D eigenvalue weighted by Gasteiger charge is 2.39. The van der Waals surface area contributed by atoms with Crippen LogP contribution in [0.3, 0.4) is 0 Å². The van der Waals surface area contributed by atoms with E-state index in [1.807, 2.05) is 108 Å². The van der Waals surface area contributed by atoms with Crippen molar-refractivity contribution in [3.8, 4) is 16.9 Å². The van der Waals surface area contributed by atoms with Gasteiger partial charge in [-0.25, -0.2) is 4.68 Å². The summed E-state index contributed by atoms with van der Waals surface area (Å²) in [6, 6.07) is 27.1. The van der Waals surface area contributed by atoms with Crippen LogP contribution in [0.2, 0.25) is 5.02 Å². The summed E-state index contributed by atoms with van der Waals surface area (Å²) in [5.74, 6) is -0.775. The number of aromatic nitrogens is 2. The number of benzene rings is 3. The minimum Gasteiger partial charge on any atom is -0.318 e. The average Bonchev–Trinajstić information content (AvgIpc) is 3.34. The van der Waals surface area contributed by atoms with Gasteiger partial charge >= 0.3 is 0 Å². The third-order valence-electron chi connectivity index (χ3n) is 6.97. The summed E-state index contributed by atoms with van der Waals surface area (Å²) < 4.78 is 1.82. The van der Waals surface area contributed by atoms with E-state index in [9.17, 15) is 9.59 Å². The Morgan fingerprint density at radius 3 is 1.87 bits per heavy atom. The van der Waals surface area contributed by atoms with Crippen LogP contribution in [0.15, 0.2) is 114 Å². The summed E-state index contributed by atoms with van der Waals surface area (Å²) in [7, 11) is 0. The van der Waals surface area contributed by atoms with Gasteiger partial charge in [-0.05, 0) is 58.0 Å². The van der Waals surface area contributed by atoms with Gasteiger partial charge in [-0.15, -0.1) is 0 Å². The highest BCUT2D eigenvalue weighted by atomic mass is 35.5. The Labute approximate surface area is 227 Å². The molecule has 38 heavy (non-hydrogen) atoms. The lowest BCUT2D eigenvalue weighted by molar-refractivity contribution is -0.114. The number of allylic oxidation sites excluding steroid dienone is 4. The Balaban J connectivity index is 1.81. The van der Waals surface area contributed by atoms with E-state index in [0.717, 1.165) is 39.6 Å². The molecule has 1 aliphatic heterocycles. The van der Waals surface area contributed by atoms with Gasteiger partial charge in [0.15, 0.2) is 11.6 Å². The molecule has 0 fully saturated rings. The Morgan fingerprint density at radius 1 is 0.763 bits per heavy atom. The monoisotopic (exact) mass is 521 g/mol. The zero-order valence-corrected chi connectivity index (χ0v) is 22.5. The molecule has 0 spiro atoms. The fourth-order valence-electron chi connectivity index (χ4n) is 5.42. The second kappa shape index (κ2) is 10.3. The predicted molar refractivity (Wildman–Crippen MR) is 152 cm³/mol. The van der Waals surface area contributed by atoms with Crippen LogP contribution < -0.4 is 4.90 Å². The molecule has 0 unspecified atom stereocenters. The molecule has 5 nitrogen and oxygen atoms in total. The molecule has 2 heterocycles. The van der Waals surface area contributed by atoms with Gasteiger partial charge in [0, 0.05) is 56.5 Å². The summed E-state index contributed by atoms with van der Waals surface area (Å²) in [6.45, 7) is 6.97. The first-order chi connectivity index (χ1) is 18.3. The quantitative estimate of drug-likeness (QED) is 0.263. The topological polar surface area (TPSA) is 55.2 Å². The molecule has 1 aromatic heterocycles. The van der Waals surface area contributed by atoms with Crippen molar-refractivity contribution in [3.05, 3.63) is 124 Å². The average molecular weight is 522 g/mol. The van der Waals surface area contributed by atoms with E-state index in [1.165, 1.54) is 0 Å². The molecule has 190 valence electrons. The number of Topliss-reactive ketones (excluding diaryl/α,β-unsaturated/α-hetero) is 2. The van der Waals surface area contributed by atoms with Crippen LogP contribution in [0.25, 0.3) is 16.9 Å². The first kappa shape index (κ1) is 25.4. The highest BCUT2D eigenvalue weighted by molar-refractivity contribution is 6.30. The molecule has 3 aromatic carbocycles. The number of hydrogen-bond acceptors (Lipinski definition) is 4. The van der Waals surface area contributed by atoms with Gasteiger partial charge in [-0.2, -0.15) is 5.10 Å². The lowest BCUT2D eigenvalue weighted by Gasteiger charge is -2.38. The van der Waals surface area contributed by atoms with Crippen molar-refractivity contribution < 1.29 is 9.59 Å². The van der Waals surface area contributed by atoms with Crippen LogP contribution in [-0.4, -0.2) is 21.3 Å². The molecule has 0 atom stereocenters. The van der Waals surface area contributed by atoms with Crippen molar-refractivity contribution in [1.82, 2.24) is 9.78 Å². The largest absolute Gasteiger partial charge is 0.318 e. The minimum atomic E-state index is -0.576. The summed E-state index contributed by atoms with van der Waals surface area (Å²) in [5, 5.41) is 5.55. The van der Waals surface area contributed by atoms with Crippen molar-refractivity contribution in [2.45, 2.75) is 33.6 Å². The molecular weight excluding hydrogens is 494 g/mol. The fourth-order valence-corrected chi connectivity index (χ4v) is 5.60. The molecule has 0 aliphatic carbocycles. The Kier molecular flexibility index (Phi) is 6.87. The van der Waals surface area contributed by atoms with Crippen molar-refractivity contribution in [2.24, 2.45) is 0 Å². The van der Waals surface area contributed by atoms with Gasteiger partial charge in [0.2, 0.25) is 0 Å². The number of hydrogen-bond donors (Lipinski definition) is 0. The molecule has 6 heteroatoms. The van der Waals surface area contributed by atoms with Crippen LogP contribution in [-0.2, 0) is 9.59 Å². The summed E-state index contributed by atoms with van der Waals surface area (Å²) in [4.78, 5) is 28.7. The van der Waals surface area contributed by atoms with Gasteiger partial charge in [0.25, 0.3) is 0 Å². The molecule has 4 aromatic rings. The standard InChI is InChI=1S/C32H28ClN3O2/c1-20-29(22(3)37)31(30(23(4)38)21(2)36(20)27-17-11-14-25(33)18-27)28-19-35(26-15-9-6-10-16-26)34-32(28)24-12-7-5-8-13-24/h5-19,31H,1-4H3. The van der Waals surface area contributed by atoms with Crippen molar-refractivity contribution in [3.63, 3.8) is 0 Å². The maximum Gasteiger partial charge on any atom is 0.158 e. The van der Waals surface area contributed by atoms with Crippen molar-refractivity contribution >= 4 is 28.9 Å². The Morgan fingerprint density at radius 2 is 1.32 bits per heavy atom. The summed E-state index contributed by atoms with van der Waals surface area (Å²) in [6.07, 6.45) is 1.95. The molecule has 0 amide bonds. The lowest BCUT2D eigenvalue weighted by Crippen LogP contribution is -2.33. The smallest absolute Gasteiger partial charge is 0.158 e. The number of para-hydroxylation sites is 1. The number of carbonyl (C=O) groups excluding carboxylic acids is 2. The molecule has 5 rings (SSSR count). The third kappa shape index (κ3) is 4.50. The van der Waals surface area contributed by atoms with E-state index in [0.29, 0.717) is 16.2 Å². The van der Waals surface area contributed by atoms with E-state index in [4.69, 9.17) is 16.7 Å². The number of nitrogens with zero attached hydrogens (tertiary/aromatic N) is 3. The molecule has 0 radical (unpaired) electrons. The first-order valence-corrected chi connectivity index (χ1v) is 12.8. The van der Waals surface area contributed by atoms with E-state index in [1.54, 1.807) is 19.9 Å². The third-order valence-corrected chi connectivity index (χ3v) is 7.21. The fraction of sp³-hybridized carbons (Fsp3) is 0.156. The van der Waals surface area contributed by atoms with Gasteiger partial charge in [0.1, 0.15) is 0 Å². The predicted octanol–water partition coefficient (Wildman–Crippen LogP) is 7.52. The van der Waals surface area contributed by atoms with Crippen LogP contribution in [0, 0.1) is 0 Å². The van der Waals surface area contributed by atoms with Crippen molar-refractivity contribution in [1.29, 1.82) is 0 Å². The Bertz CT molecular complexity index is 1560. The number of halogens is 1. The molecule has 0 saturated heterocycles. The highest BCUT2D eigenvalue weighted by Crippen LogP contribution is 2.47. The van der Waals surface area contributed by atoms with E-state index < -0.39 is 5.92 Å². The van der Waals surface area contributed by atoms with Crippen LogP contribution in [0.4, 0.5) is 5.69 Å². The molecule has 1 aliphatic rings. The number of ketones is 2. The van der Waals surface area contributed by atoms with Gasteiger partial charge < -0.3 is 4.90 Å². The zero-order chi connectivity index (χ0) is 27.0. The SMILES string of the molecule is CC(=O)C1=C(C)N(c2cccc(Cl)c2)C(C)=C(C(C)=O)C1c1cn(-c2ccccc2)nc1-c1ccccc1. The first-order valence-electron chi connectivity index (χ1n) is 12.5. The molecule has 0 saturated carbocycles. The molecule has 0 bridgehead atoms. The Hall–Kier alpha value is -4.22. The van der Waals surface area contributed by atoms with Gasteiger partial charge in [0.05, 0.1) is 11.4 Å². The van der Waals surface area contributed by atoms with E-state index in [2.05, 4.69) is 0 Å². The normalized spacial score (nSPS) is 14.3. The maximum atomic E-state index is 13.4. The van der Waals surface area contributed by atoms with Crippen LogP contribution in [0.5, 0.6) is 0 Å². The lowest BCUT2D eigenvalue weighted by atomic mass is 9.76. The minimum absolute atomic E-state index is 0.0998. The molecule has 0 N–H and O–H groups in total. The van der Waals surface area contributed by atoms with Crippen molar-refractivity contribution in [2.75, 3.05) is 4.90 Å². The zero-order valence-electron chi connectivity index (χ0n) is 21.8. The summed E-state index contributed by atoms with van der Waals surface area (Å²) >= 11 is 6.33. The molecular formula is C32H28ClN3O2. The van der Waals surface area contributed by atoms with Gasteiger partial charge in [-0.3, -0.25) is 9.59 Å². The second-order valence-corrected chi connectivity index (χ2v) is 9.87. The number of rotatable bonds is 6. The van der Waals surface area contributed by atoms with E-state index in [-0.39, 0.29) is 11.6 Å². The van der Waals surface area contributed by atoms with Crippen LogP contribution in [0.1, 0.15) is 39.2 Å². The number of carbonyl (C=O) groups is 2. The van der Waals surface area contributed by atoms with Crippen LogP contribution >= 0.6 is 11.6 Å². The maximum absolute atomic E-state index is 13.4. The number of anilines is 1.